The van der Waals surface area contributed by atoms with E-state index in [0.717, 1.165) is 30.5 Å². The fourth-order valence-corrected chi connectivity index (χ4v) is 3.46. The number of hydrogen-bond donors (Lipinski definition) is 2. The molecule has 0 unspecified atom stereocenters. The van der Waals surface area contributed by atoms with Gasteiger partial charge < -0.3 is 0 Å². The van der Waals surface area contributed by atoms with Gasteiger partial charge in [-0.05, 0) is 55.4 Å². The van der Waals surface area contributed by atoms with E-state index in [9.17, 15) is 0 Å². The molecule has 1 aliphatic carbocycles. The van der Waals surface area contributed by atoms with E-state index in [1.165, 1.54) is 16.2 Å². The number of aryl methyl sites for hydroxylation is 1. The van der Waals surface area contributed by atoms with Crippen molar-refractivity contribution in [2.75, 3.05) is 6.26 Å². The van der Waals surface area contributed by atoms with Crippen molar-refractivity contribution in [1.82, 2.24) is 25.1 Å². The minimum atomic E-state index is 0.455. The van der Waals surface area contributed by atoms with Crippen LogP contribution in [0.15, 0.2) is 34.3 Å². The van der Waals surface area contributed by atoms with E-state index in [0.29, 0.717) is 10.6 Å². The first kappa shape index (κ1) is 15.3. The summed E-state index contributed by atoms with van der Waals surface area (Å²) in [6.07, 6.45) is 7.04. The van der Waals surface area contributed by atoms with Gasteiger partial charge in [0.1, 0.15) is 5.69 Å². The number of fused-ring (bicyclic) bond motifs is 1. The van der Waals surface area contributed by atoms with E-state index in [2.05, 4.69) is 43.9 Å². The van der Waals surface area contributed by atoms with Crippen LogP contribution in [0.2, 0.25) is 0 Å². The molecule has 8 heteroatoms. The Kier molecular flexibility index (Phi) is 4.07. The molecular weight excluding hydrogens is 340 g/mol. The highest BCUT2D eigenvalue weighted by atomic mass is 32.2. The highest BCUT2D eigenvalue weighted by Gasteiger charge is 2.23. The fourth-order valence-electron chi connectivity index (χ4n) is 2.87. The van der Waals surface area contributed by atoms with Crippen molar-refractivity contribution < 1.29 is 0 Å². The van der Waals surface area contributed by atoms with Gasteiger partial charge in [0.15, 0.2) is 0 Å². The average molecular weight is 356 g/mol. The maximum absolute atomic E-state index is 5.32. The highest BCUT2D eigenvalue weighted by Crippen LogP contribution is 2.29. The number of thioether (sulfide) groups is 1. The van der Waals surface area contributed by atoms with Gasteiger partial charge in [0, 0.05) is 16.2 Å². The van der Waals surface area contributed by atoms with Crippen LogP contribution in [0.1, 0.15) is 23.2 Å². The molecule has 2 N–H and O–H groups in total. The first-order chi connectivity index (χ1) is 11.8. The van der Waals surface area contributed by atoms with Crippen LogP contribution in [0.4, 0.5) is 0 Å². The number of H-pyrrole nitrogens is 2. The third-order valence-electron chi connectivity index (χ3n) is 4.11. The van der Waals surface area contributed by atoms with Crippen molar-refractivity contribution in [2.45, 2.75) is 24.2 Å². The second-order valence-electron chi connectivity index (χ2n) is 5.56. The lowest BCUT2D eigenvalue weighted by molar-refractivity contribution is 0.844. The van der Waals surface area contributed by atoms with Gasteiger partial charge >= 0.3 is 0 Å². The monoisotopic (exact) mass is 356 g/mol. The third kappa shape index (κ3) is 2.71. The van der Waals surface area contributed by atoms with Gasteiger partial charge in [-0.25, -0.2) is 5.10 Å². The smallest absolute Gasteiger partial charge is 0.216 e. The number of benzene rings is 1. The average Bonchev–Trinajstić information content (AvgIpc) is 3.29. The maximum Gasteiger partial charge on any atom is 0.216 e. The number of aromatic nitrogens is 5. The van der Waals surface area contributed by atoms with Crippen molar-refractivity contribution in [3.8, 4) is 11.5 Å². The molecule has 6 nitrogen and oxygen atoms in total. The standard InChI is InChI=1S/C16H16N6S2/c1-24-11-7-5-10(6-8-11)9-17-22-15(20-21-16(22)23)14-12-3-2-4-13(12)18-19-14/h5-9H,2-4H2,1H3,(H,18,19)(H,21,23)/b17-9+. The Balaban J connectivity index is 1.69. The zero-order valence-electron chi connectivity index (χ0n) is 13.1. The molecule has 0 fully saturated rings. The molecule has 2 heterocycles. The molecule has 0 spiro atoms. The van der Waals surface area contributed by atoms with E-state index in [1.54, 1.807) is 22.7 Å². The summed E-state index contributed by atoms with van der Waals surface area (Å²) in [7, 11) is 0. The number of aromatic amines is 2. The Bertz CT molecular complexity index is 948. The van der Waals surface area contributed by atoms with Gasteiger partial charge in [0.25, 0.3) is 0 Å². The van der Waals surface area contributed by atoms with Gasteiger partial charge in [-0.1, -0.05) is 12.1 Å². The minimum absolute atomic E-state index is 0.455. The summed E-state index contributed by atoms with van der Waals surface area (Å²) in [5.74, 6) is 0.649. The Labute approximate surface area is 148 Å². The molecule has 0 saturated heterocycles. The lowest BCUT2D eigenvalue weighted by Gasteiger charge is -2.00. The second kappa shape index (κ2) is 6.37. The van der Waals surface area contributed by atoms with Crippen molar-refractivity contribution in [3.05, 3.63) is 45.9 Å². The van der Waals surface area contributed by atoms with Crippen LogP contribution in [-0.2, 0) is 12.8 Å². The minimum Gasteiger partial charge on any atom is -0.282 e. The van der Waals surface area contributed by atoms with Gasteiger partial charge in [-0.3, -0.25) is 5.10 Å². The van der Waals surface area contributed by atoms with Gasteiger partial charge in [-0.15, -0.1) is 11.8 Å². The number of nitrogens with zero attached hydrogens (tertiary/aromatic N) is 4. The predicted octanol–water partition coefficient (Wildman–Crippen LogP) is 3.42. The zero-order chi connectivity index (χ0) is 16.5. The molecule has 0 bridgehead atoms. The summed E-state index contributed by atoms with van der Waals surface area (Å²) >= 11 is 7.03. The van der Waals surface area contributed by atoms with E-state index >= 15 is 0 Å². The van der Waals surface area contributed by atoms with Crippen LogP contribution in [-0.4, -0.2) is 37.5 Å². The molecule has 2 aromatic heterocycles. The van der Waals surface area contributed by atoms with Crippen LogP contribution in [0.25, 0.3) is 11.5 Å². The van der Waals surface area contributed by atoms with Gasteiger partial charge in [0.05, 0.1) is 6.21 Å². The summed E-state index contributed by atoms with van der Waals surface area (Å²) in [5, 5.41) is 19.2. The molecule has 4 rings (SSSR count). The van der Waals surface area contributed by atoms with Crippen molar-refractivity contribution in [2.24, 2.45) is 5.10 Å². The molecular formula is C16H16N6S2. The van der Waals surface area contributed by atoms with E-state index in [-0.39, 0.29) is 0 Å². The zero-order valence-corrected chi connectivity index (χ0v) is 14.7. The van der Waals surface area contributed by atoms with Gasteiger partial charge in [-0.2, -0.15) is 20.0 Å². The first-order valence-electron chi connectivity index (χ1n) is 7.68. The lowest BCUT2D eigenvalue weighted by atomic mass is 10.2. The molecule has 0 atom stereocenters. The van der Waals surface area contributed by atoms with E-state index in [1.807, 2.05) is 12.1 Å². The van der Waals surface area contributed by atoms with Crippen molar-refractivity contribution in [3.63, 3.8) is 0 Å². The molecule has 0 saturated carbocycles. The van der Waals surface area contributed by atoms with Crippen LogP contribution in [0.3, 0.4) is 0 Å². The van der Waals surface area contributed by atoms with E-state index < -0.39 is 0 Å². The Morgan fingerprint density at radius 2 is 2.04 bits per heavy atom. The fraction of sp³-hybridized carbons (Fsp3) is 0.250. The SMILES string of the molecule is CSc1ccc(/C=N/n2c(-c3n[nH]c4c3CCC4)n[nH]c2=S)cc1. The van der Waals surface area contributed by atoms with Crippen LogP contribution in [0.5, 0.6) is 0 Å². The van der Waals surface area contributed by atoms with Gasteiger partial charge in [0.2, 0.25) is 10.6 Å². The number of nitrogens with one attached hydrogen (secondary N) is 2. The quantitative estimate of drug-likeness (QED) is 0.427. The molecule has 1 aliphatic rings. The number of rotatable bonds is 4. The second-order valence-corrected chi connectivity index (χ2v) is 6.83. The molecule has 122 valence electrons. The van der Waals surface area contributed by atoms with Crippen LogP contribution >= 0.6 is 24.0 Å². The van der Waals surface area contributed by atoms with Crippen molar-refractivity contribution in [1.29, 1.82) is 0 Å². The third-order valence-corrected chi connectivity index (χ3v) is 5.11. The first-order valence-corrected chi connectivity index (χ1v) is 9.32. The molecule has 24 heavy (non-hydrogen) atoms. The van der Waals surface area contributed by atoms with Crippen LogP contribution < -0.4 is 0 Å². The van der Waals surface area contributed by atoms with Crippen LogP contribution in [0, 0.1) is 4.77 Å². The normalized spacial score (nSPS) is 13.7. The maximum atomic E-state index is 5.32. The molecule has 3 aromatic rings. The predicted molar refractivity (Wildman–Crippen MR) is 98.2 cm³/mol. The molecule has 0 radical (unpaired) electrons. The summed E-state index contributed by atoms with van der Waals surface area (Å²) in [6, 6.07) is 8.21. The number of hydrogen-bond acceptors (Lipinski definition) is 5. The summed E-state index contributed by atoms with van der Waals surface area (Å²) in [4.78, 5) is 1.22. The summed E-state index contributed by atoms with van der Waals surface area (Å²) in [5.41, 5.74) is 4.27. The summed E-state index contributed by atoms with van der Waals surface area (Å²) < 4.78 is 2.09. The van der Waals surface area contributed by atoms with Crippen molar-refractivity contribution >= 4 is 30.2 Å². The molecule has 0 aliphatic heterocycles. The topological polar surface area (TPSA) is 74.7 Å². The largest absolute Gasteiger partial charge is 0.282 e. The highest BCUT2D eigenvalue weighted by molar-refractivity contribution is 7.98. The Morgan fingerprint density at radius 3 is 2.83 bits per heavy atom. The lowest BCUT2D eigenvalue weighted by Crippen LogP contribution is -1.97. The molecule has 1 aromatic carbocycles. The van der Waals surface area contributed by atoms with E-state index in [4.69, 9.17) is 12.2 Å². The summed E-state index contributed by atoms with van der Waals surface area (Å²) in [6.45, 7) is 0. The molecule has 0 amide bonds. The Morgan fingerprint density at radius 1 is 1.21 bits per heavy atom. The Hall–Kier alpha value is -2.19.